The van der Waals surface area contributed by atoms with Crippen LogP contribution in [0.1, 0.15) is 79.2 Å². The summed E-state index contributed by atoms with van der Waals surface area (Å²) in [7, 11) is 0. The maximum Gasteiger partial charge on any atom is 0.119 e. The molecular formula is C25H43NO3. The van der Waals surface area contributed by atoms with Crippen LogP contribution in [-0.2, 0) is 15.9 Å². The summed E-state index contributed by atoms with van der Waals surface area (Å²) < 4.78 is 18.2. The molecule has 1 aliphatic rings. The predicted octanol–water partition coefficient (Wildman–Crippen LogP) is 5.53. The number of ether oxygens (including phenoxy) is 3. The fourth-order valence-electron chi connectivity index (χ4n) is 3.66. The zero-order valence-electron chi connectivity index (χ0n) is 19.6. The van der Waals surface area contributed by atoms with Crippen molar-refractivity contribution in [3.63, 3.8) is 0 Å². The lowest BCUT2D eigenvalue weighted by Gasteiger charge is -2.33. The van der Waals surface area contributed by atoms with Gasteiger partial charge in [0.15, 0.2) is 0 Å². The highest BCUT2D eigenvalue weighted by Gasteiger charge is 2.26. The van der Waals surface area contributed by atoms with Crippen molar-refractivity contribution in [1.82, 2.24) is 5.32 Å². The lowest BCUT2D eigenvalue weighted by molar-refractivity contribution is -0.0832. The number of rotatable bonds is 10. The fraction of sp³-hybridized carbons (Fsp3) is 0.760. The summed E-state index contributed by atoms with van der Waals surface area (Å²) in [6.45, 7) is 15.5. The molecule has 1 aromatic rings. The molecule has 0 amide bonds. The van der Waals surface area contributed by atoms with Crippen molar-refractivity contribution in [2.75, 3.05) is 19.8 Å². The minimum Gasteiger partial charge on any atom is -0.490 e. The number of benzene rings is 1. The Morgan fingerprint density at radius 2 is 1.62 bits per heavy atom. The molecular weight excluding hydrogens is 362 g/mol. The fourth-order valence-corrected chi connectivity index (χ4v) is 3.66. The zero-order chi connectivity index (χ0) is 21.3. The van der Waals surface area contributed by atoms with E-state index >= 15 is 0 Å². The SMILES string of the molecule is CC(C)(C)NCCCOCCc1cccc(O[C@H]2CC[C@H](OC(C)(C)C)CC2)c1. The van der Waals surface area contributed by atoms with Crippen molar-refractivity contribution in [2.45, 2.75) is 103 Å². The normalized spacial score (nSPS) is 20.6. The predicted molar refractivity (Wildman–Crippen MR) is 121 cm³/mol. The minimum absolute atomic E-state index is 0.0577. The Labute approximate surface area is 178 Å². The van der Waals surface area contributed by atoms with Gasteiger partial charge in [0.1, 0.15) is 5.75 Å². The Kier molecular flexibility index (Phi) is 9.45. The summed E-state index contributed by atoms with van der Waals surface area (Å²) in [4.78, 5) is 0. The molecule has 1 aliphatic carbocycles. The summed E-state index contributed by atoms with van der Waals surface area (Å²) in [5, 5.41) is 3.49. The van der Waals surface area contributed by atoms with Gasteiger partial charge in [-0.3, -0.25) is 0 Å². The summed E-state index contributed by atoms with van der Waals surface area (Å²) in [6, 6.07) is 8.49. The van der Waals surface area contributed by atoms with Gasteiger partial charge >= 0.3 is 0 Å². The molecule has 1 N–H and O–H groups in total. The molecule has 0 aliphatic heterocycles. The smallest absolute Gasteiger partial charge is 0.119 e. The quantitative estimate of drug-likeness (QED) is 0.520. The largest absolute Gasteiger partial charge is 0.490 e. The second-order valence-electron chi connectivity index (χ2n) is 10.3. The van der Waals surface area contributed by atoms with Crippen LogP contribution >= 0.6 is 0 Å². The third-order valence-corrected chi connectivity index (χ3v) is 5.00. The average Bonchev–Trinajstić information content (AvgIpc) is 2.61. The molecule has 4 nitrogen and oxygen atoms in total. The maximum atomic E-state index is 6.26. The maximum absolute atomic E-state index is 6.26. The van der Waals surface area contributed by atoms with Gasteiger partial charge < -0.3 is 19.5 Å². The first-order valence-electron chi connectivity index (χ1n) is 11.4. The Bertz CT molecular complexity index is 580. The van der Waals surface area contributed by atoms with Crippen LogP contribution in [0.3, 0.4) is 0 Å². The van der Waals surface area contributed by atoms with E-state index in [4.69, 9.17) is 14.2 Å². The molecule has 0 unspecified atom stereocenters. The van der Waals surface area contributed by atoms with Crippen molar-refractivity contribution < 1.29 is 14.2 Å². The van der Waals surface area contributed by atoms with Gasteiger partial charge in [-0.2, -0.15) is 0 Å². The van der Waals surface area contributed by atoms with Gasteiger partial charge in [0, 0.05) is 12.1 Å². The first-order chi connectivity index (χ1) is 13.6. The topological polar surface area (TPSA) is 39.7 Å². The third kappa shape index (κ3) is 11.0. The molecule has 29 heavy (non-hydrogen) atoms. The van der Waals surface area contributed by atoms with Crippen LogP contribution in [0.2, 0.25) is 0 Å². The van der Waals surface area contributed by atoms with E-state index in [1.54, 1.807) is 0 Å². The molecule has 0 atom stereocenters. The number of hydrogen-bond donors (Lipinski definition) is 1. The lowest BCUT2D eigenvalue weighted by Crippen LogP contribution is -2.36. The second-order valence-corrected chi connectivity index (χ2v) is 10.3. The Morgan fingerprint density at radius 1 is 0.931 bits per heavy atom. The molecule has 2 rings (SSSR count). The first-order valence-corrected chi connectivity index (χ1v) is 11.4. The van der Waals surface area contributed by atoms with Gasteiger partial charge in [-0.1, -0.05) is 12.1 Å². The lowest BCUT2D eigenvalue weighted by atomic mass is 9.94. The van der Waals surface area contributed by atoms with Gasteiger partial charge in [-0.15, -0.1) is 0 Å². The summed E-state index contributed by atoms with van der Waals surface area (Å²) in [5.41, 5.74) is 1.40. The van der Waals surface area contributed by atoms with Crippen molar-refractivity contribution in [1.29, 1.82) is 0 Å². The molecule has 4 heteroatoms. The second kappa shape index (κ2) is 11.3. The molecule has 1 saturated carbocycles. The van der Waals surface area contributed by atoms with E-state index in [0.717, 1.165) is 64.0 Å². The molecule has 0 aromatic heterocycles. The van der Waals surface area contributed by atoms with Crippen molar-refractivity contribution >= 4 is 0 Å². The Morgan fingerprint density at radius 3 is 2.28 bits per heavy atom. The van der Waals surface area contributed by atoms with Crippen LogP contribution in [0.5, 0.6) is 5.75 Å². The van der Waals surface area contributed by atoms with Crippen molar-refractivity contribution in [3.8, 4) is 5.75 Å². The summed E-state index contributed by atoms with van der Waals surface area (Å²) in [6.07, 6.45) is 6.94. The summed E-state index contributed by atoms with van der Waals surface area (Å²) in [5.74, 6) is 0.983. The van der Waals surface area contributed by atoms with Gasteiger partial charge in [0.05, 0.1) is 24.4 Å². The molecule has 166 valence electrons. The average molecular weight is 406 g/mol. The van der Waals surface area contributed by atoms with E-state index in [9.17, 15) is 0 Å². The highest BCUT2D eigenvalue weighted by molar-refractivity contribution is 5.28. The summed E-state index contributed by atoms with van der Waals surface area (Å²) >= 11 is 0. The third-order valence-electron chi connectivity index (χ3n) is 5.00. The van der Waals surface area contributed by atoms with Crippen molar-refractivity contribution in [2.24, 2.45) is 0 Å². The molecule has 0 saturated heterocycles. The van der Waals surface area contributed by atoms with E-state index < -0.39 is 0 Å². The number of hydrogen-bond acceptors (Lipinski definition) is 4. The van der Waals surface area contributed by atoms with Crippen LogP contribution in [0.15, 0.2) is 24.3 Å². The van der Waals surface area contributed by atoms with Crippen LogP contribution < -0.4 is 10.1 Å². The minimum atomic E-state index is -0.0577. The van der Waals surface area contributed by atoms with Gasteiger partial charge in [0.2, 0.25) is 0 Å². The molecule has 0 bridgehead atoms. The van der Waals surface area contributed by atoms with Crippen LogP contribution in [0.4, 0.5) is 0 Å². The highest BCUT2D eigenvalue weighted by Crippen LogP contribution is 2.28. The van der Waals surface area contributed by atoms with Gasteiger partial charge in [-0.05, 0) is 104 Å². The van der Waals surface area contributed by atoms with Gasteiger partial charge in [-0.25, -0.2) is 0 Å². The first kappa shape index (κ1) is 24.2. The highest BCUT2D eigenvalue weighted by atomic mass is 16.5. The molecule has 0 radical (unpaired) electrons. The molecule has 1 aromatic carbocycles. The van der Waals surface area contributed by atoms with E-state index in [2.05, 4.69) is 71.1 Å². The Balaban J connectivity index is 1.64. The van der Waals surface area contributed by atoms with Crippen LogP contribution in [0, 0.1) is 0 Å². The number of nitrogens with one attached hydrogen (secondary N) is 1. The van der Waals surface area contributed by atoms with E-state index in [1.165, 1.54) is 5.56 Å². The monoisotopic (exact) mass is 405 g/mol. The molecule has 0 heterocycles. The van der Waals surface area contributed by atoms with Crippen LogP contribution in [-0.4, -0.2) is 43.1 Å². The Hall–Kier alpha value is -1.10. The molecule has 1 fully saturated rings. The zero-order valence-corrected chi connectivity index (χ0v) is 19.6. The van der Waals surface area contributed by atoms with E-state index in [-0.39, 0.29) is 11.1 Å². The van der Waals surface area contributed by atoms with Crippen LogP contribution in [0.25, 0.3) is 0 Å². The van der Waals surface area contributed by atoms with Gasteiger partial charge in [0.25, 0.3) is 0 Å². The van der Waals surface area contributed by atoms with Crippen molar-refractivity contribution in [3.05, 3.63) is 29.8 Å². The molecule has 0 spiro atoms. The van der Waals surface area contributed by atoms with E-state index in [0.29, 0.717) is 12.2 Å². The standard InChI is InChI=1S/C25H43NO3/c1-24(2,3)26-16-8-17-27-18-15-20-9-7-10-23(19-20)28-21-11-13-22(14-12-21)29-25(4,5)6/h7,9-10,19,21-22,26H,8,11-18H2,1-6H3/t21-,22-. The van der Waals surface area contributed by atoms with E-state index in [1.807, 2.05) is 0 Å².